The van der Waals surface area contributed by atoms with E-state index in [1.165, 1.54) is 13.4 Å². The van der Waals surface area contributed by atoms with Crippen LogP contribution in [0.25, 0.3) is 0 Å². The van der Waals surface area contributed by atoms with Gasteiger partial charge in [0.05, 0.1) is 18.8 Å². The van der Waals surface area contributed by atoms with Gasteiger partial charge in [-0.2, -0.15) is 0 Å². The van der Waals surface area contributed by atoms with Crippen LogP contribution in [0.3, 0.4) is 0 Å². The number of rotatable bonds is 3. The van der Waals surface area contributed by atoms with Crippen molar-refractivity contribution in [2.45, 2.75) is 6.04 Å². The number of nitrogens with zero attached hydrogens (tertiary/aromatic N) is 3. The van der Waals surface area contributed by atoms with Crippen LogP contribution in [0.5, 0.6) is 5.88 Å². The molecule has 0 bridgehead atoms. The molecule has 6 heteroatoms. The fourth-order valence-electron chi connectivity index (χ4n) is 1.49. The Balaban J connectivity index is 2.37. The number of ether oxygens (including phenoxy) is 1. The van der Waals surface area contributed by atoms with Gasteiger partial charge >= 0.3 is 0 Å². The molecular weight excluding hydrogens is 218 g/mol. The van der Waals surface area contributed by atoms with E-state index in [0.29, 0.717) is 17.4 Å². The highest BCUT2D eigenvalue weighted by Crippen LogP contribution is 2.22. The second kappa shape index (κ2) is 4.75. The van der Waals surface area contributed by atoms with Gasteiger partial charge in [-0.3, -0.25) is 0 Å². The van der Waals surface area contributed by atoms with Crippen molar-refractivity contribution in [2.75, 3.05) is 12.8 Å². The first-order valence-electron chi connectivity index (χ1n) is 5.04. The zero-order chi connectivity index (χ0) is 12.3. The summed E-state index contributed by atoms with van der Waals surface area (Å²) in [6.07, 6.45) is 3.02. The molecule has 0 aliphatic carbocycles. The lowest BCUT2D eigenvalue weighted by Crippen LogP contribution is -2.16. The molecule has 2 heterocycles. The molecule has 6 nitrogen and oxygen atoms in total. The number of anilines is 1. The number of nitrogens with two attached hydrogens (primary N) is 2. The lowest BCUT2D eigenvalue weighted by Gasteiger charge is -2.13. The third-order valence-electron chi connectivity index (χ3n) is 2.40. The van der Waals surface area contributed by atoms with Gasteiger partial charge in [-0.05, 0) is 6.07 Å². The van der Waals surface area contributed by atoms with E-state index in [9.17, 15) is 0 Å². The summed E-state index contributed by atoms with van der Waals surface area (Å²) < 4.78 is 5.02. The van der Waals surface area contributed by atoms with Crippen LogP contribution in [-0.2, 0) is 0 Å². The first kappa shape index (κ1) is 11.3. The molecule has 17 heavy (non-hydrogen) atoms. The highest BCUT2D eigenvalue weighted by Gasteiger charge is 2.14. The third-order valence-corrected chi connectivity index (χ3v) is 2.40. The molecule has 0 amide bonds. The monoisotopic (exact) mass is 231 g/mol. The number of nitrogen functional groups attached to an aromatic ring is 1. The Hall–Kier alpha value is -2.21. The highest BCUT2D eigenvalue weighted by atomic mass is 16.5. The van der Waals surface area contributed by atoms with Crippen molar-refractivity contribution in [1.29, 1.82) is 0 Å². The molecule has 0 saturated carbocycles. The van der Waals surface area contributed by atoms with E-state index >= 15 is 0 Å². The van der Waals surface area contributed by atoms with Gasteiger partial charge in [-0.15, -0.1) is 0 Å². The molecule has 0 aliphatic rings. The minimum atomic E-state index is -0.444. The molecule has 0 spiro atoms. The van der Waals surface area contributed by atoms with E-state index in [-0.39, 0.29) is 0 Å². The van der Waals surface area contributed by atoms with Crippen molar-refractivity contribution in [3.63, 3.8) is 0 Å². The van der Waals surface area contributed by atoms with Gasteiger partial charge in [-0.25, -0.2) is 15.0 Å². The first-order chi connectivity index (χ1) is 8.22. The van der Waals surface area contributed by atoms with Gasteiger partial charge in [-0.1, -0.05) is 6.07 Å². The van der Waals surface area contributed by atoms with E-state index in [0.717, 1.165) is 5.56 Å². The average molecular weight is 231 g/mol. The Morgan fingerprint density at radius 2 is 2.12 bits per heavy atom. The maximum absolute atomic E-state index is 6.07. The lowest BCUT2D eigenvalue weighted by molar-refractivity contribution is 0.395. The zero-order valence-corrected chi connectivity index (χ0v) is 9.37. The molecule has 2 aromatic heterocycles. The van der Waals surface area contributed by atoms with Gasteiger partial charge in [0, 0.05) is 17.8 Å². The van der Waals surface area contributed by atoms with Crippen LogP contribution in [0.1, 0.15) is 17.3 Å². The predicted octanol–water partition coefficient (Wildman–Crippen LogP) is 0.510. The summed E-state index contributed by atoms with van der Waals surface area (Å²) in [5.74, 6) is 0.866. The molecule has 1 atom stereocenters. The number of methoxy groups -OCH3 is 1. The fraction of sp³-hybridized carbons (Fsp3) is 0.182. The minimum absolute atomic E-state index is 0.401. The summed E-state index contributed by atoms with van der Waals surface area (Å²) in [6.45, 7) is 0. The molecule has 4 N–H and O–H groups in total. The largest absolute Gasteiger partial charge is 0.481 e. The quantitative estimate of drug-likeness (QED) is 0.798. The van der Waals surface area contributed by atoms with E-state index in [4.69, 9.17) is 16.2 Å². The third kappa shape index (κ3) is 2.31. The minimum Gasteiger partial charge on any atom is -0.481 e. The Bertz CT molecular complexity index is 517. The normalized spacial score (nSPS) is 12.1. The zero-order valence-electron chi connectivity index (χ0n) is 9.37. The van der Waals surface area contributed by atoms with Crippen molar-refractivity contribution in [3.8, 4) is 5.88 Å². The van der Waals surface area contributed by atoms with Crippen LogP contribution in [-0.4, -0.2) is 22.1 Å². The van der Waals surface area contributed by atoms with Crippen LogP contribution >= 0.6 is 0 Å². The maximum atomic E-state index is 6.07. The van der Waals surface area contributed by atoms with Crippen LogP contribution in [0.15, 0.2) is 30.7 Å². The van der Waals surface area contributed by atoms with Crippen LogP contribution in [0.2, 0.25) is 0 Å². The lowest BCUT2D eigenvalue weighted by atomic mass is 10.1. The molecule has 0 aromatic carbocycles. The molecule has 2 rings (SSSR count). The second-order valence-corrected chi connectivity index (χ2v) is 3.44. The predicted molar refractivity (Wildman–Crippen MR) is 63.3 cm³/mol. The van der Waals surface area contributed by atoms with Gasteiger partial charge in [0.2, 0.25) is 5.88 Å². The van der Waals surface area contributed by atoms with Gasteiger partial charge in [0.25, 0.3) is 0 Å². The molecular formula is C11H13N5O. The molecule has 0 radical (unpaired) electrons. The first-order valence-corrected chi connectivity index (χ1v) is 5.04. The highest BCUT2D eigenvalue weighted by molar-refractivity contribution is 5.44. The van der Waals surface area contributed by atoms with Crippen molar-refractivity contribution in [2.24, 2.45) is 5.73 Å². The Labute approximate surface area is 98.7 Å². The fourth-order valence-corrected chi connectivity index (χ4v) is 1.49. The number of hydrogen-bond donors (Lipinski definition) is 2. The number of hydrogen-bond acceptors (Lipinski definition) is 6. The summed E-state index contributed by atoms with van der Waals surface area (Å²) in [6, 6.07) is 4.84. The van der Waals surface area contributed by atoms with Crippen LogP contribution < -0.4 is 16.2 Å². The summed E-state index contributed by atoms with van der Waals surface area (Å²) in [5.41, 5.74) is 13.2. The van der Waals surface area contributed by atoms with E-state index in [1.807, 2.05) is 6.07 Å². The summed E-state index contributed by atoms with van der Waals surface area (Å²) in [7, 11) is 1.54. The van der Waals surface area contributed by atoms with Gasteiger partial charge in [0.1, 0.15) is 12.1 Å². The van der Waals surface area contributed by atoms with Crippen molar-refractivity contribution in [1.82, 2.24) is 15.0 Å². The van der Waals surface area contributed by atoms with E-state index in [1.54, 1.807) is 18.3 Å². The molecule has 2 aromatic rings. The van der Waals surface area contributed by atoms with Gasteiger partial charge in [0.15, 0.2) is 0 Å². The number of pyridine rings is 1. The maximum Gasteiger partial charge on any atom is 0.216 e. The van der Waals surface area contributed by atoms with Crippen molar-refractivity contribution < 1.29 is 4.74 Å². The molecule has 1 unspecified atom stereocenters. The van der Waals surface area contributed by atoms with Crippen LogP contribution in [0.4, 0.5) is 5.82 Å². The molecule has 0 aliphatic heterocycles. The molecule has 0 fully saturated rings. The summed E-state index contributed by atoms with van der Waals surface area (Å²) in [5, 5.41) is 0. The van der Waals surface area contributed by atoms with E-state index < -0.39 is 6.04 Å². The van der Waals surface area contributed by atoms with Crippen molar-refractivity contribution in [3.05, 3.63) is 42.0 Å². The Morgan fingerprint density at radius 1 is 1.29 bits per heavy atom. The van der Waals surface area contributed by atoms with Gasteiger partial charge < -0.3 is 16.2 Å². The smallest absolute Gasteiger partial charge is 0.216 e. The average Bonchev–Trinajstić information content (AvgIpc) is 2.38. The topological polar surface area (TPSA) is 99.9 Å². The summed E-state index contributed by atoms with van der Waals surface area (Å²) >= 11 is 0. The molecule has 0 saturated heterocycles. The van der Waals surface area contributed by atoms with E-state index in [2.05, 4.69) is 15.0 Å². The number of aromatic nitrogens is 3. The summed E-state index contributed by atoms with van der Waals surface area (Å²) in [4.78, 5) is 12.0. The van der Waals surface area contributed by atoms with Crippen LogP contribution in [0, 0.1) is 0 Å². The standard InChI is InChI=1S/C11H13N5O/c1-17-9-5-8(15-6-16-9)10(12)7-3-2-4-14-11(7)13/h2-6,10H,12H2,1H3,(H2,13,14). The van der Waals surface area contributed by atoms with Crippen molar-refractivity contribution >= 4 is 5.82 Å². The molecule has 88 valence electrons. The Kier molecular flexibility index (Phi) is 3.15. The second-order valence-electron chi connectivity index (χ2n) is 3.44. The SMILES string of the molecule is COc1cc(C(N)c2cccnc2N)ncn1. The Morgan fingerprint density at radius 3 is 2.82 bits per heavy atom.